The smallest absolute Gasteiger partial charge is 0.216 e. The van der Waals surface area contributed by atoms with E-state index in [1.807, 2.05) is 13.8 Å². The number of aliphatic hydroxyl groups is 1. The van der Waals surface area contributed by atoms with E-state index >= 15 is 0 Å². The van der Waals surface area contributed by atoms with Gasteiger partial charge in [0.1, 0.15) is 0 Å². The van der Waals surface area contributed by atoms with Crippen molar-refractivity contribution in [2.75, 3.05) is 18.9 Å². The van der Waals surface area contributed by atoms with E-state index in [0.717, 1.165) is 38.5 Å². The van der Waals surface area contributed by atoms with Crippen molar-refractivity contribution in [1.82, 2.24) is 4.31 Å². The van der Waals surface area contributed by atoms with E-state index in [-0.39, 0.29) is 36.5 Å². The van der Waals surface area contributed by atoms with E-state index < -0.39 is 10.0 Å². The summed E-state index contributed by atoms with van der Waals surface area (Å²) in [6.45, 7) is 4.65. The predicted molar refractivity (Wildman–Crippen MR) is 82.6 cm³/mol. The van der Waals surface area contributed by atoms with E-state index in [1.165, 1.54) is 0 Å². The Morgan fingerprint density at radius 2 is 1.90 bits per heavy atom. The molecule has 0 aromatic heterocycles. The second-order valence-corrected chi connectivity index (χ2v) is 8.61. The zero-order valence-corrected chi connectivity index (χ0v) is 14.0. The topological polar surface area (TPSA) is 66.8 Å². The van der Waals surface area contributed by atoms with Gasteiger partial charge in [-0.3, -0.25) is 0 Å². The van der Waals surface area contributed by atoms with Gasteiger partial charge in [-0.15, -0.1) is 0 Å². The SMILES string of the molecule is CC(C)OCCS(=O)(=O)N1CCCC1C1CCCCC1O. The Labute approximate surface area is 128 Å². The van der Waals surface area contributed by atoms with Crippen molar-refractivity contribution in [2.24, 2.45) is 5.92 Å². The molecule has 1 aliphatic heterocycles. The first-order chi connectivity index (χ1) is 9.92. The van der Waals surface area contributed by atoms with Crippen LogP contribution in [0.2, 0.25) is 0 Å². The minimum absolute atomic E-state index is 0.00986. The van der Waals surface area contributed by atoms with Crippen molar-refractivity contribution in [3.63, 3.8) is 0 Å². The van der Waals surface area contributed by atoms with Crippen molar-refractivity contribution in [3.05, 3.63) is 0 Å². The maximum Gasteiger partial charge on any atom is 0.216 e. The van der Waals surface area contributed by atoms with Gasteiger partial charge in [-0.25, -0.2) is 8.42 Å². The molecule has 0 spiro atoms. The van der Waals surface area contributed by atoms with Crippen molar-refractivity contribution >= 4 is 10.0 Å². The van der Waals surface area contributed by atoms with Crippen LogP contribution in [0.15, 0.2) is 0 Å². The molecular weight excluding hydrogens is 290 g/mol. The highest BCUT2D eigenvalue weighted by atomic mass is 32.2. The lowest BCUT2D eigenvalue weighted by molar-refractivity contribution is 0.0383. The molecule has 2 aliphatic rings. The van der Waals surface area contributed by atoms with Crippen LogP contribution in [0.1, 0.15) is 52.4 Å². The quantitative estimate of drug-likeness (QED) is 0.810. The minimum Gasteiger partial charge on any atom is -0.393 e. The number of hydrogen-bond acceptors (Lipinski definition) is 4. The number of nitrogens with zero attached hydrogens (tertiary/aromatic N) is 1. The highest BCUT2D eigenvalue weighted by molar-refractivity contribution is 7.89. The molecule has 124 valence electrons. The first kappa shape index (κ1) is 17.2. The molecule has 2 fully saturated rings. The van der Waals surface area contributed by atoms with Gasteiger partial charge in [-0.2, -0.15) is 4.31 Å². The van der Waals surface area contributed by atoms with Gasteiger partial charge < -0.3 is 9.84 Å². The third-order valence-electron chi connectivity index (χ3n) is 4.67. The molecule has 3 unspecified atom stereocenters. The van der Waals surface area contributed by atoms with Gasteiger partial charge in [-0.1, -0.05) is 12.8 Å². The molecule has 2 rings (SSSR count). The molecule has 21 heavy (non-hydrogen) atoms. The molecular formula is C15H29NO4S. The summed E-state index contributed by atoms with van der Waals surface area (Å²) in [5, 5.41) is 10.2. The second kappa shape index (κ2) is 7.40. The monoisotopic (exact) mass is 319 g/mol. The number of rotatable bonds is 6. The molecule has 1 N–H and O–H groups in total. The number of sulfonamides is 1. The van der Waals surface area contributed by atoms with Gasteiger partial charge in [0, 0.05) is 18.5 Å². The van der Waals surface area contributed by atoms with Crippen LogP contribution in [0.3, 0.4) is 0 Å². The van der Waals surface area contributed by atoms with Crippen LogP contribution in [0.25, 0.3) is 0 Å². The van der Waals surface area contributed by atoms with Crippen molar-refractivity contribution < 1.29 is 18.3 Å². The van der Waals surface area contributed by atoms with Crippen LogP contribution in [0.4, 0.5) is 0 Å². The van der Waals surface area contributed by atoms with Crippen LogP contribution < -0.4 is 0 Å². The van der Waals surface area contributed by atoms with Crippen LogP contribution in [0, 0.1) is 5.92 Å². The molecule has 5 nitrogen and oxygen atoms in total. The third kappa shape index (κ3) is 4.41. The van der Waals surface area contributed by atoms with Crippen LogP contribution in [0.5, 0.6) is 0 Å². The third-order valence-corrected chi connectivity index (χ3v) is 6.52. The summed E-state index contributed by atoms with van der Waals surface area (Å²) in [7, 11) is -3.28. The number of ether oxygens (including phenoxy) is 1. The van der Waals surface area contributed by atoms with E-state index in [1.54, 1.807) is 4.31 Å². The van der Waals surface area contributed by atoms with Crippen molar-refractivity contribution in [1.29, 1.82) is 0 Å². The summed E-state index contributed by atoms with van der Waals surface area (Å²) in [5.74, 6) is 0.159. The summed E-state index contributed by atoms with van der Waals surface area (Å²) in [5.41, 5.74) is 0. The fourth-order valence-electron chi connectivity index (χ4n) is 3.63. The maximum absolute atomic E-state index is 12.5. The molecule has 0 aromatic carbocycles. The van der Waals surface area contributed by atoms with E-state index in [0.29, 0.717) is 6.54 Å². The Morgan fingerprint density at radius 3 is 2.57 bits per heavy atom. The Morgan fingerprint density at radius 1 is 1.19 bits per heavy atom. The standard InChI is InChI=1S/C15H29NO4S/c1-12(2)20-10-11-21(18,19)16-9-5-7-14(16)13-6-3-4-8-15(13)17/h12-15,17H,3-11H2,1-2H3. The molecule has 6 heteroatoms. The molecule has 1 aliphatic carbocycles. The van der Waals surface area contributed by atoms with E-state index in [2.05, 4.69) is 0 Å². The Hall–Kier alpha value is -0.170. The Kier molecular flexibility index (Phi) is 6.05. The lowest BCUT2D eigenvalue weighted by atomic mass is 9.81. The van der Waals surface area contributed by atoms with Crippen molar-refractivity contribution in [3.8, 4) is 0 Å². The Bertz CT molecular complexity index is 423. The summed E-state index contributed by atoms with van der Waals surface area (Å²) in [6.07, 6.45) is 5.40. The predicted octanol–water partition coefficient (Wildman–Crippen LogP) is 1.76. The average molecular weight is 319 g/mol. The van der Waals surface area contributed by atoms with Crippen molar-refractivity contribution in [2.45, 2.75) is 70.6 Å². The molecule has 1 saturated heterocycles. The Balaban J connectivity index is 1.99. The molecule has 0 bridgehead atoms. The highest BCUT2D eigenvalue weighted by Crippen LogP contribution is 2.36. The normalized spacial score (nSPS) is 31.9. The lowest BCUT2D eigenvalue weighted by Gasteiger charge is -2.36. The second-order valence-electron chi connectivity index (χ2n) is 6.57. The van der Waals surface area contributed by atoms with Crippen LogP contribution in [-0.2, 0) is 14.8 Å². The fourth-order valence-corrected chi connectivity index (χ4v) is 5.26. The fraction of sp³-hybridized carbons (Fsp3) is 1.00. The molecule has 3 atom stereocenters. The molecule has 0 amide bonds. The lowest BCUT2D eigenvalue weighted by Crippen LogP contribution is -2.46. The maximum atomic E-state index is 12.5. The molecule has 1 heterocycles. The molecule has 1 saturated carbocycles. The zero-order chi connectivity index (χ0) is 15.5. The highest BCUT2D eigenvalue weighted by Gasteiger charge is 2.41. The van der Waals surface area contributed by atoms with Gasteiger partial charge in [0.2, 0.25) is 10.0 Å². The molecule has 0 aromatic rings. The summed E-state index contributed by atoms with van der Waals surface area (Å²) in [6, 6.07) is -0.00986. The van der Waals surface area contributed by atoms with E-state index in [4.69, 9.17) is 4.74 Å². The summed E-state index contributed by atoms with van der Waals surface area (Å²) >= 11 is 0. The number of aliphatic hydroxyl groups excluding tert-OH is 1. The zero-order valence-electron chi connectivity index (χ0n) is 13.2. The van der Waals surface area contributed by atoms with E-state index in [9.17, 15) is 13.5 Å². The van der Waals surface area contributed by atoms with Crippen LogP contribution >= 0.6 is 0 Å². The van der Waals surface area contributed by atoms with Gasteiger partial charge in [0.05, 0.1) is 24.6 Å². The largest absolute Gasteiger partial charge is 0.393 e. The number of hydrogen-bond donors (Lipinski definition) is 1. The van der Waals surface area contributed by atoms with Crippen LogP contribution in [-0.4, -0.2) is 55.0 Å². The average Bonchev–Trinajstić information content (AvgIpc) is 2.88. The van der Waals surface area contributed by atoms with Gasteiger partial charge in [0.15, 0.2) is 0 Å². The summed E-state index contributed by atoms with van der Waals surface area (Å²) < 4.78 is 32.1. The minimum atomic E-state index is -3.28. The summed E-state index contributed by atoms with van der Waals surface area (Å²) in [4.78, 5) is 0. The van der Waals surface area contributed by atoms with Gasteiger partial charge >= 0.3 is 0 Å². The van der Waals surface area contributed by atoms with Gasteiger partial charge in [0.25, 0.3) is 0 Å². The molecule has 0 radical (unpaired) electrons. The first-order valence-electron chi connectivity index (χ1n) is 8.21. The first-order valence-corrected chi connectivity index (χ1v) is 9.82. The van der Waals surface area contributed by atoms with Gasteiger partial charge in [-0.05, 0) is 39.5 Å².